The third kappa shape index (κ3) is 3.41. The van der Waals surface area contributed by atoms with Gasteiger partial charge in [0.15, 0.2) is 5.65 Å². The second-order valence-electron chi connectivity index (χ2n) is 6.24. The highest BCUT2D eigenvalue weighted by molar-refractivity contribution is 6.30. The average Bonchev–Trinajstić information content (AvgIpc) is 3.13. The summed E-state index contributed by atoms with van der Waals surface area (Å²) in [4.78, 5) is 17.1. The van der Waals surface area contributed by atoms with Crippen LogP contribution >= 0.6 is 11.6 Å². The van der Waals surface area contributed by atoms with E-state index in [0.29, 0.717) is 16.2 Å². The van der Waals surface area contributed by atoms with Crippen molar-refractivity contribution in [3.63, 3.8) is 0 Å². The van der Waals surface area contributed by atoms with E-state index in [0.717, 1.165) is 16.8 Å². The van der Waals surface area contributed by atoms with Gasteiger partial charge in [0.1, 0.15) is 5.56 Å². The van der Waals surface area contributed by atoms with E-state index in [2.05, 4.69) is 15.4 Å². The van der Waals surface area contributed by atoms with E-state index in [9.17, 15) is 4.79 Å². The molecule has 0 radical (unpaired) electrons. The van der Waals surface area contributed by atoms with Crippen LogP contribution < -0.4 is 5.32 Å². The Bertz CT molecular complexity index is 1090. The Labute approximate surface area is 161 Å². The van der Waals surface area contributed by atoms with Crippen molar-refractivity contribution in [3.8, 4) is 11.3 Å². The molecule has 2 aromatic heterocycles. The van der Waals surface area contributed by atoms with Crippen molar-refractivity contribution in [2.45, 2.75) is 13.0 Å². The molecule has 0 aliphatic carbocycles. The van der Waals surface area contributed by atoms with Gasteiger partial charge in [-0.05, 0) is 30.7 Å². The highest BCUT2D eigenvalue weighted by Gasteiger charge is 2.18. The zero-order valence-corrected chi connectivity index (χ0v) is 15.4. The first-order valence-electron chi connectivity index (χ1n) is 8.58. The van der Waals surface area contributed by atoms with E-state index in [1.54, 1.807) is 16.9 Å². The topological polar surface area (TPSA) is 59.3 Å². The van der Waals surface area contributed by atoms with Gasteiger partial charge in [-0.25, -0.2) is 9.50 Å². The van der Waals surface area contributed by atoms with Gasteiger partial charge in [0.05, 0.1) is 17.9 Å². The fraction of sp³-hybridized carbons (Fsp3) is 0.0952. The number of halogens is 1. The van der Waals surface area contributed by atoms with Crippen LogP contribution in [0.4, 0.5) is 0 Å². The summed E-state index contributed by atoms with van der Waals surface area (Å²) in [5, 5.41) is 8.05. The molecule has 0 aliphatic rings. The summed E-state index contributed by atoms with van der Waals surface area (Å²) in [7, 11) is 0. The van der Waals surface area contributed by atoms with Gasteiger partial charge in [-0.3, -0.25) is 4.79 Å². The molecular formula is C21H17ClN4O. The maximum Gasteiger partial charge on any atom is 0.257 e. The molecular weight excluding hydrogens is 360 g/mol. The van der Waals surface area contributed by atoms with Crippen LogP contribution in [-0.4, -0.2) is 20.5 Å². The molecule has 0 saturated carbocycles. The summed E-state index contributed by atoms with van der Waals surface area (Å²) in [6.07, 6.45) is 3.23. The third-order valence-corrected chi connectivity index (χ3v) is 4.69. The van der Waals surface area contributed by atoms with Crippen LogP contribution in [0.25, 0.3) is 16.9 Å². The van der Waals surface area contributed by atoms with Gasteiger partial charge in [-0.2, -0.15) is 5.10 Å². The second-order valence-corrected chi connectivity index (χ2v) is 6.67. The van der Waals surface area contributed by atoms with E-state index in [1.807, 2.05) is 67.6 Å². The molecule has 4 rings (SSSR count). The maximum absolute atomic E-state index is 12.8. The molecule has 2 heterocycles. The Balaban J connectivity index is 1.66. The lowest BCUT2D eigenvalue weighted by molar-refractivity contribution is 0.0941. The second kappa shape index (κ2) is 7.21. The molecule has 6 heteroatoms. The Morgan fingerprint density at radius 1 is 1.07 bits per heavy atom. The highest BCUT2D eigenvalue weighted by Crippen LogP contribution is 2.23. The lowest BCUT2D eigenvalue weighted by Gasteiger charge is -2.13. The van der Waals surface area contributed by atoms with Gasteiger partial charge >= 0.3 is 0 Å². The predicted octanol–water partition coefficient (Wildman–Crippen LogP) is 4.54. The minimum Gasteiger partial charge on any atom is -0.345 e. The molecule has 0 fully saturated rings. The monoisotopic (exact) mass is 376 g/mol. The van der Waals surface area contributed by atoms with Gasteiger partial charge < -0.3 is 5.32 Å². The zero-order valence-electron chi connectivity index (χ0n) is 14.6. The Hall–Kier alpha value is -3.18. The number of hydrogen-bond acceptors (Lipinski definition) is 3. The molecule has 4 aromatic rings. The summed E-state index contributed by atoms with van der Waals surface area (Å²) in [6.45, 7) is 1.95. The van der Waals surface area contributed by atoms with E-state index in [-0.39, 0.29) is 11.9 Å². The number of carbonyl (C=O) groups is 1. The molecule has 0 saturated heterocycles. The Morgan fingerprint density at radius 2 is 1.81 bits per heavy atom. The van der Waals surface area contributed by atoms with E-state index in [1.165, 1.54) is 0 Å². The summed E-state index contributed by atoms with van der Waals surface area (Å²) >= 11 is 5.97. The summed E-state index contributed by atoms with van der Waals surface area (Å²) in [5.74, 6) is -0.206. The normalized spacial score (nSPS) is 12.1. The van der Waals surface area contributed by atoms with Crippen molar-refractivity contribution < 1.29 is 4.79 Å². The van der Waals surface area contributed by atoms with Gasteiger partial charge in [0.2, 0.25) is 0 Å². The number of nitrogens with one attached hydrogen (secondary N) is 1. The standard InChI is InChI=1S/C21H17ClN4O/c1-14(15-5-3-2-4-6-15)25-21(27)18-13-24-26-19(11-12-23-20(18)26)16-7-9-17(22)10-8-16/h2-14H,1H3,(H,25,27)/t14-/m0/s1. The molecule has 27 heavy (non-hydrogen) atoms. The first-order valence-corrected chi connectivity index (χ1v) is 8.96. The lowest BCUT2D eigenvalue weighted by atomic mass is 10.1. The fourth-order valence-electron chi connectivity index (χ4n) is 2.99. The van der Waals surface area contributed by atoms with Gasteiger partial charge in [0.25, 0.3) is 5.91 Å². The van der Waals surface area contributed by atoms with Gasteiger partial charge in [-0.15, -0.1) is 0 Å². The summed E-state index contributed by atoms with van der Waals surface area (Å²) < 4.78 is 1.67. The third-order valence-electron chi connectivity index (χ3n) is 4.43. The number of benzene rings is 2. The highest BCUT2D eigenvalue weighted by atomic mass is 35.5. The fourth-order valence-corrected chi connectivity index (χ4v) is 3.12. The van der Waals surface area contributed by atoms with Crippen molar-refractivity contribution in [1.29, 1.82) is 0 Å². The molecule has 1 N–H and O–H groups in total. The van der Waals surface area contributed by atoms with Crippen molar-refractivity contribution in [1.82, 2.24) is 19.9 Å². The molecule has 0 unspecified atom stereocenters. The molecule has 0 spiro atoms. The SMILES string of the molecule is C[C@H](NC(=O)c1cnn2c(-c3ccc(Cl)cc3)ccnc12)c1ccccc1. The van der Waals surface area contributed by atoms with Crippen LogP contribution in [0.3, 0.4) is 0 Å². The minimum absolute atomic E-state index is 0.118. The first-order chi connectivity index (χ1) is 13.1. The van der Waals surface area contributed by atoms with Crippen LogP contribution in [0.5, 0.6) is 0 Å². The number of hydrogen-bond donors (Lipinski definition) is 1. The molecule has 0 aliphatic heterocycles. The van der Waals surface area contributed by atoms with E-state index >= 15 is 0 Å². The smallest absolute Gasteiger partial charge is 0.257 e. The Morgan fingerprint density at radius 3 is 2.56 bits per heavy atom. The van der Waals surface area contributed by atoms with Crippen molar-refractivity contribution in [2.24, 2.45) is 0 Å². The predicted molar refractivity (Wildman–Crippen MR) is 106 cm³/mol. The molecule has 0 bridgehead atoms. The quantitative estimate of drug-likeness (QED) is 0.568. The molecule has 2 aromatic carbocycles. The number of amides is 1. The van der Waals surface area contributed by atoms with Crippen molar-refractivity contribution in [2.75, 3.05) is 0 Å². The van der Waals surface area contributed by atoms with Crippen LogP contribution in [-0.2, 0) is 0 Å². The van der Waals surface area contributed by atoms with Crippen LogP contribution in [0, 0.1) is 0 Å². The molecule has 5 nitrogen and oxygen atoms in total. The van der Waals surface area contributed by atoms with Gasteiger partial charge in [0, 0.05) is 16.8 Å². The van der Waals surface area contributed by atoms with Crippen LogP contribution in [0.1, 0.15) is 28.9 Å². The first kappa shape index (κ1) is 17.2. The van der Waals surface area contributed by atoms with E-state index in [4.69, 9.17) is 11.6 Å². The molecule has 1 amide bonds. The van der Waals surface area contributed by atoms with E-state index < -0.39 is 0 Å². The van der Waals surface area contributed by atoms with Gasteiger partial charge in [-0.1, -0.05) is 54.1 Å². The largest absolute Gasteiger partial charge is 0.345 e. The van der Waals surface area contributed by atoms with Crippen molar-refractivity contribution in [3.05, 3.63) is 89.2 Å². The lowest BCUT2D eigenvalue weighted by Crippen LogP contribution is -2.26. The number of fused-ring (bicyclic) bond motifs is 1. The number of aromatic nitrogens is 3. The number of rotatable bonds is 4. The minimum atomic E-state index is -0.206. The summed E-state index contributed by atoms with van der Waals surface area (Å²) in [6, 6.07) is 19.0. The van der Waals surface area contributed by atoms with Crippen LogP contribution in [0.2, 0.25) is 5.02 Å². The summed E-state index contributed by atoms with van der Waals surface area (Å²) in [5.41, 5.74) is 3.78. The van der Waals surface area contributed by atoms with Crippen molar-refractivity contribution >= 4 is 23.2 Å². The number of carbonyl (C=O) groups excluding carboxylic acids is 1. The Kier molecular flexibility index (Phi) is 4.60. The zero-order chi connectivity index (χ0) is 18.8. The average molecular weight is 377 g/mol. The molecule has 134 valence electrons. The maximum atomic E-state index is 12.8. The molecule has 1 atom stereocenters. The number of nitrogens with zero attached hydrogens (tertiary/aromatic N) is 3. The van der Waals surface area contributed by atoms with Crippen LogP contribution in [0.15, 0.2) is 73.1 Å².